The van der Waals surface area contributed by atoms with Crippen molar-refractivity contribution in [1.82, 2.24) is 19.4 Å². The molecule has 1 aliphatic carbocycles. The third kappa shape index (κ3) is 3.37. The van der Waals surface area contributed by atoms with Crippen molar-refractivity contribution in [1.29, 1.82) is 0 Å². The van der Waals surface area contributed by atoms with Gasteiger partial charge >= 0.3 is 0 Å². The molecule has 1 saturated carbocycles. The number of carbonyl (C=O) groups excluding carboxylic acids is 2. The van der Waals surface area contributed by atoms with E-state index in [1.807, 2.05) is 28.7 Å². The minimum atomic E-state index is -0.545. The molecule has 0 N–H and O–H groups in total. The van der Waals surface area contributed by atoms with Gasteiger partial charge in [0.05, 0.1) is 22.3 Å². The Kier molecular flexibility index (Phi) is 4.96. The van der Waals surface area contributed by atoms with Gasteiger partial charge in [-0.25, -0.2) is 4.98 Å². The molecule has 2 aromatic rings. The molecule has 2 aliphatic heterocycles. The van der Waals surface area contributed by atoms with Gasteiger partial charge in [0, 0.05) is 44.3 Å². The Labute approximate surface area is 181 Å². The SMILES string of the molecule is CC(C)n1cnc([C@H]2CN(C(=O)c3cccs3)C[C@]23CCCN(CC2CC2)C3=O)c1. The van der Waals surface area contributed by atoms with Crippen molar-refractivity contribution in [2.75, 3.05) is 26.2 Å². The zero-order valence-corrected chi connectivity index (χ0v) is 18.6. The number of rotatable bonds is 5. The van der Waals surface area contributed by atoms with Gasteiger partial charge < -0.3 is 14.4 Å². The maximum absolute atomic E-state index is 13.8. The molecule has 2 aromatic heterocycles. The summed E-state index contributed by atoms with van der Waals surface area (Å²) in [4.78, 5) is 36.5. The summed E-state index contributed by atoms with van der Waals surface area (Å²) in [6, 6.07) is 4.11. The highest BCUT2D eigenvalue weighted by atomic mass is 32.1. The smallest absolute Gasteiger partial charge is 0.263 e. The molecule has 1 spiro atoms. The van der Waals surface area contributed by atoms with Gasteiger partial charge in [0.2, 0.25) is 5.91 Å². The van der Waals surface area contributed by atoms with Gasteiger partial charge in [0.25, 0.3) is 5.91 Å². The summed E-state index contributed by atoms with van der Waals surface area (Å²) >= 11 is 1.47. The topological polar surface area (TPSA) is 58.4 Å². The second-order valence-electron chi connectivity index (χ2n) is 9.51. The molecule has 4 heterocycles. The van der Waals surface area contributed by atoms with E-state index in [2.05, 4.69) is 29.5 Å². The highest BCUT2D eigenvalue weighted by molar-refractivity contribution is 7.12. The molecule has 0 unspecified atom stereocenters. The van der Waals surface area contributed by atoms with Crippen LogP contribution >= 0.6 is 11.3 Å². The lowest BCUT2D eigenvalue weighted by atomic mass is 9.70. The van der Waals surface area contributed by atoms with Crippen LogP contribution in [0, 0.1) is 11.3 Å². The van der Waals surface area contributed by atoms with Gasteiger partial charge in [0.15, 0.2) is 0 Å². The summed E-state index contributed by atoms with van der Waals surface area (Å²) in [7, 11) is 0. The van der Waals surface area contributed by atoms with Crippen molar-refractivity contribution in [3.63, 3.8) is 0 Å². The van der Waals surface area contributed by atoms with Crippen LogP contribution in [-0.2, 0) is 4.79 Å². The second-order valence-corrected chi connectivity index (χ2v) is 10.5. The molecule has 2 atom stereocenters. The molecule has 3 aliphatic rings. The van der Waals surface area contributed by atoms with Gasteiger partial charge in [-0.3, -0.25) is 9.59 Å². The highest BCUT2D eigenvalue weighted by Gasteiger charge is 2.57. The van der Waals surface area contributed by atoms with E-state index in [-0.39, 0.29) is 17.7 Å². The lowest BCUT2D eigenvalue weighted by Crippen LogP contribution is -2.52. The van der Waals surface area contributed by atoms with E-state index in [1.54, 1.807) is 0 Å². The van der Waals surface area contributed by atoms with E-state index in [4.69, 9.17) is 4.98 Å². The van der Waals surface area contributed by atoms with Crippen molar-refractivity contribution in [2.24, 2.45) is 11.3 Å². The third-order valence-corrected chi connectivity index (χ3v) is 7.93. The monoisotopic (exact) mass is 426 g/mol. The minimum Gasteiger partial charge on any atom is -0.342 e. The maximum Gasteiger partial charge on any atom is 0.263 e. The van der Waals surface area contributed by atoms with Crippen molar-refractivity contribution >= 4 is 23.2 Å². The zero-order chi connectivity index (χ0) is 20.9. The summed E-state index contributed by atoms with van der Waals surface area (Å²) < 4.78 is 2.10. The lowest BCUT2D eigenvalue weighted by molar-refractivity contribution is -0.146. The third-order valence-electron chi connectivity index (χ3n) is 7.08. The number of hydrogen-bond donors (Lipinski definition) is 0. The fourth-order valence-corrected chi connectivity index (χ4v) is 5.87. The average Bonchev–Trinajstić information content (AvgIpc) is 3.17. The van der Waals surface area contributed by atoms with Crippen molar-refractivity contribution in [2.45, 2.75) is 51.5 Å². The van der Waals surface area contributed by atoms with E-state index in [0.29, 0.717) is 25.0 Å². The summed E-state index contributed by atoms with van der Waals surface area (Å²) in [5, 5.41) is 1.93. The van der Waals surface area contributed by atoms with Gasteiger partial charge in [0.1, 0.15) is 0 Å². The largest absolute Gasteiger partial charge is 0.342 e. The quantitative estimate of drug-likeness (QED) is 0.731. The summed E-state index contributed by atoms with van der Waals surface area (Å²) in [6.07, 6.45) is 8.27. The molecule has 160 valence electrons. The number of aromatic nitrogens is 2. The Hall–Kier alpha value is -2.15. The molecule has 0 aromatic carbocycles. The van der Waals surface area contributed by atoms with E-state index in [1.165, 1.54) is 24.2 Å². The molecule has 2 amide bonds. The van der Waals surface area contributed by atoms with Crippen molar-refractivity contribution in [3.8, 4) is 0 Å². The molecular formula is C23H30N4O2S. The Morgan fingerprint density at radius 2 is 2.20 bits per heavy atom. The van der Waals surface area contributed by atoms with Crippen LogP contribution < -0.4 is 0 Å². The van der Waals surface area contributed by atoms with E-state index >= 15 is 0 Å². The number of likely N-dealkylation sites (tertiary alicyclic amines) is 2. The van der Waals surface area contributed by atoms with Crippen molar-refractivity contribution in [3.05, 3.63) is 40.6 Å². The number of hydrogen-bond acceptors (Lipinski definition) is 4. The number of thiophene rings is 1. The predicted molar refractivity (Wildman–Crippen MR) is 117 cm³/mol. The Balaban J connectivity index is 1.49. The van der Waals surface area contributed by atoms with Crippen LogP contribution in [0.15, 0.2) is 30.0 Å². The normalized spacial score (nSPS) is 26.9. The molecular weight excluding hydrogens is 396 g/mol. The van der Waals surface area contributed by atoms with Crippen LogP contribution in [-0.4, -0.2) is 57.3 Å². The van der Waals surface area contributed by atoms with Crippen LogP contribution in [0.5, 0.6) is 0 Å². The maximum atomic E-state index is 13.8. The predicted octanol–water partition coefficient (Wildman–Crippen LogP) is 3.78. The first-order valence-corrected chi connectivity index (χ1v) is 12.0. The van der Waals surface area contributed by atoms with Crippen LogP contribution in [0.3, 0.4) is 0 Å². The first-order chi connectivity index (χ1) is 14.5. The lowest BCUT2D eigenvalue weighted by Gasteiger charge is -2.42. The first kappa shape index (κ1) is 19.8. The van der Waals surface area contributed by atoms with Gasteiger partial charge in [-0.05, 0) is 56.9 Å². The minimum absolute atomic E-state index is 0.0438. The Bertz CT molecular complexity index is 933. The first-order valence-electron chi connectivity index (χ1n) is 11.1. The van der Waals surface area contributed by atoms with Crippen LogP contribution in [0.2, 0.25) is 0 Å². The van der Waals surface area contributed by atoms with Gasteiger partial charge in [-0.1, -0.05) is 6.07 Å². The molecule has 5 rings (SSSR count). The van der Waals surface area contributed by atoms with Crippen LogP contribution in [0.1, 0.15) is 66.9 Å². The number of carbonyl (C=O) groups is 2. The van der Waals surface area contributed by atoms with Gasteiger partial charge in [-0.2, -0.15) is 0 Å². The fraction of sp³-hybridized carbons (Fsp3) is 0.609. The molecule has 30 heavy (non-hydrogen) atoms. The number of nitrogens with zero attached hydrogens (tertiary/aromatic N) is 4. The molecule has 6 nitrogen and oxygen atoms in total. The number of piperidine rings is 1. The highest BCUT2D eigenvalue weighted by Crippen LogP contribution is 2.50. The van der Waals surface area contributed by atoms with Crippen LogP contribution in [0.25, 0.3) is 0 Å². The van der Waals surface area contributed by atoms with Crippen molar-refractivity contribution < 1.29 is 9.59 Å². The summed E-state index contributed by atoms with van der Waals surface area (Å²) in [6.45, 7) is 7.06. The number of imidazole rings is 1. The fourth-order valence-electron chi connectivity index (χ4n) is 5.18. The standard InChI is InChI=1S/C23H30N4O2S/c1-16(2)27-13-19(24-15-27)18-12-26(21(28)20-5-3-10-30-20)14-23(18)8-4-9-25(22(23)29)11-17-6-7-17/h3,5,10,13,15-18H,4,6-9,11-12,14H2,1-2H3/t18-,23-/m1/s1. The average molecular weight is 427 g/mol. The van der Waals surface area contributed by atoms with Crippen LogP contribution in [0.4, 0.5) is 0 Å². The van der Waals surface area contributed by atoms with E-state index < -0.39 is 5.41 Å². The Morgan fingerprint density at radius 1 is 1.37 bits per heavy atom. The molecule has 7 heteroatoms. The molecule has 3 fully saturated rings. The molecule has 0 bridgehead atoms. The Morgan fingerprint density at radius 3 is 2.87 bits per heavy atom. The van der Waals surface area contributed by atoms with Gasteiger partial charge in [-0.15, -0.1) is 11.3 Å². The summed E-state index contributed by atoms with van der Waals surface area (Å²) in [5.74, 6) is 0.914. The number of amides is 2. The molecule has 0 radical (unpaired) electrons. The summed E-state index contributed by atoms with van der Waals surface area (Å²) in [5.41, 5.74) is 0.405. The second kappa shape index (κ2) is 7.52. The van der Waals surface area contributed by atoms with E-state index in [0.717, 1.165) is 36.5 Å². The molecule has 2 saturated heterocycles. The van der Waals surface area contributed by atoms with E-state index in [9.17, 15) is 9.59 Å². The zero-order valence-electron chi connectivity index (χ0n) is 17.8.